The van der Waals surface area contributed by atoms with Gasteiger partial charge in [-0.05, 0) is 24.3 Å². The summed E-state index contributed by atoms with van der Waals surface area (Å²) >= 11 is 6.00. The van der Waals surface area contributed by atoms with Crippen molar-refractivity contribution in [3.05, 3.63) is 102 Å². The average Bonchev–Trinajstić information content (AvgIpc) is 3.26. The Balaban J connectivity index is 1.52. The van der Waals surface area contributed by atoms with Gasteiger partial charge in [0, 0.05) is 17.3 Å². The maximum atomic E-state index is 12.1. The van der Waals surface area contributed by atoms with Crippen LogP contribution >= 0.6 is 11.6 Å². The van der Waals surface area contributed by atoms with Crippen LogP contribution in [0.4, 0.5) is 5.69 Å². The molecule has 8 heteroatoms. The normalized spacial score (nSPS) is 10.8. The predicted octanol–water partition coefficient (Wildman–Crippen LogP) is 4.28. The number of amides is 2. The van der Waals surface area contributed by atoms with Crippen molar-refractivity contribution in [1.82, 2.24) is 15.2 Å². The van der Waals surface area contributed by atoms with Gasteiger partial charge in [0.1, 0.15) is 5.69 Å². The first-order chi connectivity index (χ1) is 15.6. The molecule has 0 aliphatic carbocycles. The summed E-state index contributed by atoms with van der Waals surface area (Å²) in [7, 11) is 0. The van der Waals surface area contributed by atoms with Crippen LogP contribution in [0.2, 0.25) is 5.02 Å². The monoisotopic (exact) mass is 443 g/mol. The highest BCUT2D eigenvalue weighted by Crippen LogP contribution is 2.22. The van der Waals surface area contributed by atoms with E-state index in [1.807, 2.05) is 60.7 Å². The van der Waals surface area contributed by atoms with Crippen molar-refractivity contribution in [3.63, 3.8) is 0 Å². The van der Waals surface area contributed by atoms with E-state index in [0.717, 1.165) is 11.3 Å². The Hall–Kier alpha value is -4.23. The Labute approximate surface area is 189 Å². The number of nitrogens with one attached hydrogen (secondary N) is 2. The Bertz CT molecular complexity index is 1270. The van der Waals surface area contributed by atoms with Crippen molar-refractivity contribution in [2.75, 3.05) is 5.32 Å². The summed E-state index contributed by atoms with van der Waals surface area (Å²) in [6.07, 6.45) is 3.26. The number of halogens is 1. The SMILES string of the molecule is O=C(N/N=C/c1cn(-c2ccccc2)nc1-c1ccccc1)C(=O)Nc1ccccc1Cl. The second-order valence-corrected chi connectivity index (χ2v) is 7.12. The van der Waals surface area contributed by atoms with E-state index in [-0.39, 0.29) is 0 Å². The maximum absolute atomic E-state index is 12.1. The molecule has 2 N–H and O–H groups in total. The van der Waals surface area contributed by atoms with Crippen LogP contribution in [0.5, 0.6) is 0 Å². The van der Waals surface area contributed by atoms with Crippen molar-refractivity contribution >= 4 is 35.3 Å². The molecule has 0 spiro atoms. The largest absolute Gasteiger partial charge is 0.329 e. The molecule has 0 radical (unpaired) electrons. The highest BCUT2D eigenvalue weighted by molar-refractivity contribution is 6.41. The molecular formula is C24H18ClN5O2. The van der Waals surface area contributed by atoms with Gasteiger partial charge in [-0.1, -0.05) is 72.3 Å². The zero-order chi connectivity index (χ0) is 22.3. The fraction of sp³-hybridized carbons (Fsp3) is 0. The number of anilines is 1. The molecule has 32 heavy (non-hydrogen) atoms. The van der Waals surface area contributed by atoms with Crippen LogP contribution in [-0.2, 0) is 9.59 Å². The maximum Gasteiger partial charge on any atom is 0.329 e. The Morgan fingerprint density at radius 1 is 0.875 bits per heavy atom. The van der Waals surface area contributed by atoms with Crippen LogP contribution in [0.1, 0.15) is 5.56 Å². The van der Waals surface area contributed by atoms with Crippen LogP contribution in [-0.4, -0.2) is 27.8 Å². The van der Waals surface area contributed by atoms with Crippen molar-refractivity contribution in [1.29, 1.82) is 0 Å². The quantitative estimate of drug-likeness (QED) is 0.274. The lowest BCUT2D eigenvalue weighted by Crippen LogP contribution is -2.32. The molecule has 0 saturated heterocycles. The summed E-state index contributed by atoms with van der Waals surface area (Å²) in [6, 6.07) is 25.9. The number of para-hydroxylation sites is 2. The molecule has 0 saturated carbocycles. The van der Waals surface area contributed by atoms with E-state index in [4.69, 9.17) is 11.6 Å². The lowest BCUT2D eigenvalue weighted by Gasteiger charge is -2.05. The van der Waals surface area contributed by atoms with Crippen LogP contribution in [0.15, 0.2) is 96.2 Å². The fourth-order valence-electron chi connectivity index (χ4n) is 2.97. The zero-order valence-corrected chi connectivity index (χ0v) is 17.5. The second kappa shape index (κ2) is 9.72. The van der Waals surface area contributed by atoms with E-state index in [0.29, 0.717) is 22.0 Å². The highest BCUT2D eigenvalue weighted by Gasteiger charge is 2.15. The van der Waals surface area contributed by atoms with Crippen LogP contribution in [0, 0.1) is 0 Å². The third-order valence-electron chi connectivity index (χ3n) is 4.51. The molecule has 0 atom stereocenters. The number of carbonyl (C=O) groups is 2. The number of benzene rings is 3. The second-order valence-electron chi connectivity index (χ2n) is 6.71. The third kappa shape index (κ3) is 4.91. The molecule has 0 bridgehead atoms. The van der Waals surface area contributed by atoms with E-state index < -0.39 is 11.8 Å². The van der Waals surface area contributed by atoms with Crippen LogP contribution < -0.4 is 10.7 Å². The lowest BCUT2D eigenvalue weighted by atomic mass is 10.1. The number of hydrogen-bond donors (Lipinski definition) is 2. The summed E-state index contributed by atoms with van der Waals surface area (Å²) in [6.45, 7) is 0. The summed E-state index contributed by atoms with van der Waals surface area (Å²) < 4.78 is 1.73. The van der Waals surface area contributed by atoms with Gasteiger partial charge in [-0.15, -0.1) is 0 Å². The van der Waals surface area contributed by atoms with Crippen LogP contribution in [0.3, 0.4) is 0 Å². The van der Waals surface area contributed by atoms with Gasteiger partial charge in [0.25, 0.3) is 0 Å². The average molecular weight is 444 g/mol. The van der Waals surface area contributed by atoms with Gasteiger partial charge < -0.3 is 5.32 Å². The Kier molecular flexibility index (Phi) is 6.38. The van der Waals surface area contributed by atoms with Gasteiger partial charge in [0.2, 0.25) is 0 Å². The molecule has 1 aromatic heterocycles. The van der Waals surface area contributed by atoms with Crippen molar-refractivity contribution in [2.45, 2.75) is 0 Å². The minimum Gasteiger partial charge on any atom is -0.316 e. The topological polar surface area (TPSA) is 88.4 Å². The molecule has 3 aromatic carbocycles. The van der Waals surface area contributed by atoms with Crippen molar-refractivity contribution in [3.8, 4) is 16.9 Å². The first kappa shape index (κ1) is 21.0. The van der Waals surface area contributed by atoms with Gasteiger partial charge in [-0.2, -0.15) is 10.2 Å². The van der Waals surface area contributed by atoms with E-state index in [9.17, 15) is 9.59 Å². The molecule has 7 nitrogen and oxygen atoms in total. The smallest absolute Gasteiger partial charge is 0.316 e. The van der Waals surface area contributed by atoms with Crippen molar-refractivity contribution < 1.29 is 9.59 Å². The number of nitrogens with zero attached hydrogens (tertiary/aromatic N) is 3. The minimum atomic E-state index is -0.919. The van der Waals surface area contributed by atoms with E-state index in [1.165, 1.54) is 6.21 Å². The van der Waals surface area contributed by atoms with E-state index >= 15 is 0 Å². The van der Waals surface area contributed by atoms with E-state index in [2.05, 4.69) is 20.9 Å². The summed E-state index contributed by atoms with van der Waals surface area (Å²) in [4.78, 5) is 24.2. The van der Waals surface area contributed by atoms with Gasteiger partial charge in [-0.25, -0.2) is 10.1 Å². The lowest BCUT2D eigenvalue weighted by molar-refractivity contribution is -0.136. The molecule has 4 aromatic rings. The van der Waals surface area contributed by atoms with E-state index in [1.54, 1.807) is 35.1 Å². The fourth-order valence-corrected chi connectivity index (χ4v) is 3.15. The summed E-state index contributed by atoms with van der Waals surface area (Å²) in [5.74, 6) is -1.80. The molecule has 0 aliphatic heterocycles. The number of carbonyl (C=O) groups excluding carboxylic acids is 2. The molecule has 0 unspecified atom stereocenters. The Morgan fingerprint density at radius 2 is 1.53 bits per heavy atom. The first-order valence-electron chi connectivity index (χ1n) is 9.71. The minimum absolute atomic E-state index is 0.331. The summed E-state index contributed by atoms with van der Waals surface area (Å²) in [5.41, 5.74) is 5.72. The Morgan fingerprint density at radius 3 is 2.25 bits per heavy atom. The van der Waals surface area contributed by atoms with Gasteiger partial charge in [0.05, 0.1) is 22.6 Å². The van der Waals surface area contributed by atoms with Crippen LogP contribution in [0.25, 0.3) is 16.9 Å². The summed E-state index contributed by atoms with van der Waals surface area (Å²) in [5, 5.41) is 11.4. The zero-order valence-electron chi connectivity index (χ0n) is 16.8. The van der Waals surface area contributed by atoms with Crippen molar-refractivity contribution in [2.24, 2.45) is 5.10 Å². The molecule has 4 rings (SSSR count). The van der Waals surface area contributed by atoms with Gasteiger partial charge >= 0.3 is 11.8 Å². The number of aromatic nitrogens is 2. The molecule has 0 fully saturated rings. The number of hydrogen-bond acceptors (Lipinski definition) is 4. The number of rotatable bonds is 5. The van der Waals surface area contributed by atoms with Gasteiger partial charge in [-0.3, -0.25) is 9.59 Å². The predicted molar refractivity (Wildman–Crippen MR) is 125 cm³/mol. The molecule has 1 heterocycles. The molecular weight excluding hydrogens is 426 g/mol. The third-order valence-corrected chi connectivity index (χ3v) is 4.84. The number of hydrazone groups is 1. The molecule has 2 amide bonds. The first-order valence-corrected chi connectivity index (χ1v) is 10.1. The molecule has 158 valence electrons. The molecule has 0 aliphatic rings. The standard InChI is InChI=1S/C24H18ClN5O2/c25-20-13-7-8-14-21(20)27-23(31)24(32)28-26-15-18-16-30(19-11-5-2-6-12-19)29-22(18)17-9-3-1-4-10-17/h1-16H,(H,27,31)(H,28,32)/b26-15+. The highest BCUT2D eigenvalue weighted by atomic mass is 35.5. The van der Waals surface area contributed by atoms with Gasteiger partial charge in [0.15, 0.2) is 0 Å².